The first-order chi connectivity index (χ1) is 14.3. The highest BCUT2D eigenvalue weighted by Gasteiger charge is 2.15. The van der Waals surface area contributed by atoms with Crippen LogP contribution >= 0.6 is 11.8 Å². The van der Waals surface area contributed by atoms with Gasteiger partial charge in [0.2, 0.25) is 11.8 Å². The molecule has 0 saturated heterocycles. The molecule has 2 amide bonds. The smallest absolute Gasteiger partial charge is 0.234 e. The van der Waals surface area contributed by atoms with Gasteiger partial charge in [0.05, 0.1) is 12.2 Å². The van der Waals surface area contributed by atoms with E-state index in [1.165, 1.54) is 11.8 Å². The monoisotopic (exact) mass is 423 g/mol. The minimum Gasteiger partial charge on any atom is -0.326 e. The number of aromatic nitrogens is 3. The molecule has 0 radical (unpaired) electrons. The molecule has 0 fully saturated rings. The fourth-order valence-electron chi connectivity index (χ4n) is 2.93. The molecular formula is C22H25N5O2S. The van der Waals surface area contributed by atoms with Gasteiger partial charge in [-0.3, -0.25) is 9.59 Å². The lowest BCUT2D eigenvalue weighted by molar-refractivity contribution is -0.116. The van der Waals surface area contributed by atoms with Gasteiger partial charge in [0, 0.05) is 18.4 Å². The van der Waals surface area contributed by atoms with Crippen molar-refractivity contribution in [1.82, 2.24) is 14.8 Å². The molecule has 1 aromatic heterocycles. The van der Waals surface area contributed by atoms with Crippen LogP contribution in [0.2, 0.25) is 0 Å². The van der Waals surface area contributed by atoms with Crippen LogP contribution in [0.4, 0.5) is 11.4 Å². The van der Waals surface area contributed by atoms with Gasteiger partial charge in [0.1, 0.15) is 5.82 Å². The summed E-state index contributed by atoms with van der Waals surface area (Å²) in [5.74, 6) is 0.463. The zero-order chi connectivity index (χ0) is 21.7. The van der Waals surface area contributed by atoms with Gasteiger partial charge >= 0.3 is 0 Å². The molecular weight excluding hydrogens is 398 g/mol. The highest BCUT2D eigenvalue weighted by atomic mass is 32.2. The maximum atomic E-state index is 12.4. The van der Waals surface area contributed by atoms with Gasteiger partial charge in [-0.2, -0.15) is 0 Å². The predicted octanol–water partition coefficient (Wildman–Crippen LogP) is 3.65. The second kappa shape index (κ2) is 9.58. The molecule has 0 saturated carbocycles. The van der Waals surface area contributed by atoms with E-state index in [0.29, 0.717) is 11.0 Å². The van der Waals surface area contributed by atoms with Crippen molar-refractivity contribution in [3.05, 3.63) is 65.0 Å². The third-order valence-corrected chi connectivity index (χ3v) is 5.68. The Bertz CT molecular complexity index is 1040. The summed E-state index contributed by atoms with van der Waals surface area (Å²) in [5, 5.41) is 14.6. The van der Waals surface area contributed by atoms with Crippen molar-refractivity contribution in [3.8, 4) is 0 Å². The Morgan fingerprint density at radius 2 is 1.60 bits per heavy atom. The number of nitrogens with zero attached hydrogens (tertiary/aromatic N) is 3. The van der Waals surface area contributed by atoms with Crippen molar-refractivity contribution in [2.45, 2.75) is 32.3 Å². The summed E-state index contributed by atoms with van der Waals surface area (Å²) in [5.41, 5.74) is 4.76. The van der Waals surface area contributed by atoms with Crippen LogP contribution in [0.15, 0.2) is 47.6 Å². The van der Waals surface area contributed by atoms with Crippen LogP contribution in [0.25, 0.3) is 0 Å². The number of carbonyl (C=O) groups is 2. The van der Waals surface area contributed by atoms with Gasteiger partial charge < -0.3 is 15.2 Å². The number of thioether (sulfide) groups is 1. The van der Waals surface area contributed by atoms with Gasteiger partial charge in [-0.25, -0.2) is 0 Å². The molecule has 3 aromatic rings. The maximum Gasteiger partial charge on any atom is 0.234 e. The molecule has 1 heterocycles. The SMILES string of the molecule is Cc1ccc(NC(=O)Cc2nnc(SCC(=O)Nc3c(C)cccc3C)n2C)cc1. The lowest BCUT2D eigenvalue weighted by Crippen LogP contribution is -2.17. The second-order valence-electron chi connectivity index (χ2n) is 7.15. The van der Waals surface area contributed by atoms with E-state index in [1.807, 2.05) is 63.2 Å². The van der Waals surface area contributed by atoms with Crippen LogP contribution in [0.1, 0.15) is 22.5 Å². The highest BCUT2D eigenvalue weighted by Crippen LogP contribution is 2.21. The van der Waals surface area contributed by atoms with Crippen molar-refractivity contribution < 1.29 is 9.59 Å². The van der Waals surface area contributed by atoms with Crippen LogP contribution in [0.5, 0.6) is 0 Å². The molecule has 0 spiro atoms. The summed E-state index contributed by atoms with van der Waals surface area (Å²) in [6, 6.07) is 13.5. The zero-order valence-corrected chi connectivity index (χ0v) is 18.3. The van der Waals surface area contributed by atoms with Crippen LogP contribution in [-0.4, -0.2) is 32.3 Å². The Balaban J connectivity index is 1.55. The zero-order valence-electron chi connectivity index (χ0n) is 17.5. The lowest BCUT2D eigenvalue weighted by Gasteiger charge is -2.11. The Morgan fingerprint density at radius 1 is 0.933 bits per heavy atom. The van der Waals surface area contributed by atoms with E-state index >= 15 is 0 Å². The van der Waals surface area contributed by atoms with Crippen LogP contribution in [-0.2, 0) is 23.1 Å². The Hall–Kier alpha value is -3.13. The molecule has 0 aliphatic carbocycles. The standard InChI is InChI=1S/C22H25N5O2S/c1-14-8-10-17(11-9-14)23-19(28)12-18-25-26-22(27(18)4)30-13-20(29)24-21-15(2)6-5-7-16(21)3/h5-11H,12-13H2,1-4H3,(H,23,28)(H,24,29). The summed E-state index contributed by atoms with van der Waals surface area (Å²) in [4.78, 5) is 24.7. The number of carbonyl (C=O) groups excluding carboxylic acids is 2. The number of para-hydroxylation sites is 1. The number of amides is 2. The predicted molar refractivity (Wildman–Crippen MR) is 120 cm³/mol. The van der Waals surface area contributed by atoms with Gasteiger partial charge in [-0.15, -0.1) is 10.2 Å². The number of aryl methyl sites for hydroxylation is 3. The minimum atomic E-state index is -0.168. The van der Waals surface area contributed by atoms with Gasteiger partial charge in [-0.1, -0.05) is 47.7 Å². The number of nitrogens with one attached hydrogen (secondary N) is 2. The average Bonchev–Trinajstić information content (AvgIpc) is 3.04. The van der Waals surface area contributed by atoms with Crippen molar-refractivity contribution in [3.63, 3.8) is 0 Å². The Morgan fingerprint density at radius 3 is 2.27 bits per heavy atom. The molecule has 0 atom stereocenters. The summed E-state index contributed by atoms with van der Waals surface area (Å²) >= 11 is 1.29. The molecule has 0 aliphatic heterocycles. The van der Waals surface area contributed by atoms with Crippen molar-refractivity contribution in [2.75, 3.05) is 16.4 Å². The third-order valence-electron chi connectivity index (χ3n) is 4.66. The summed E-state index contributed by atoms with van der Waals surface area (Å²) in [6.07, 6.45) is 0.104. The number of hydrogen-bond acceptors (Lipinski definition) is 5. The lowest BCUT2D eigenvalue weighted by atomic mass is 10.1. The normalized spacial score (nSPS) is 10.7. The van der Waals surface area contributed by atoms with E-state index in [1.54, 1.807) is 11.6 Å². The minimum absolute atomic E-state index is 0.104. The van der Waals surface area contributed by atoms with Crippen LogP contribution in [0, 0.1) is 20.8 Å². The van der Waals surface area contributed by atoms with Gasteiger partial charge in [0.15, 0.2) is 5.16 Å². The molecule has 3 rings (SSSR count). The first-order valence-electron chi connectivity index (χ1n) is 9.57. The largest absolute Gasteiger partial charge is 0.326 e. The van der Waals surface area contributed by atoms with E-state index in [-0.39, 0.29) is 24.0 Å². The van der Waals surface area contributed by atoms with E-state index in [0.717, 1.165) is 28.1 Å². The Kier molecular flexibility index (Phi) is 6.89. The fourth-order valence-corrected chi connectivity index (χ4v) is 3.66. The molecule has 0 bridgehead atoms. The van der Waals surface area contributed by atoms with Gasteiger partial charge in [-0.05, 0) is 44.0 Å². The third kappa shape index (κ3) is 5.48. The average molecular weight is 424 g/mol. The molecule has 7 nitrogen and oxygen atoms in total. The first kappa shape index (κ1) is 21.6. The second-order valence-corrected chi connectivity index (χ2v) is 8.09. The molecule has 2 aromatic carbocycles. The molecule has 30 heavy (non-hydrogen) atoms. The molecule has 8 heteroatoms. The van der Waals surface area contributed by atoms with Gasteiger partial charge in [0.25, 0.3) is 0 Å². The fraction of sp³-hybridized carbons (Fsp3) is 0.273. The summed E-state index contributed by atoms with van der Waals surface area (Å²) in [7, 11) is 1.79. The molecule has 0 aliphatic rings. The molecule has 2 N–H and O–H groups in total. The number of benzene rings is 2. The van der Waals surface area contributed by atoms with Crippen molar-refractivity contribution in [2.24, 2.45) is 7.05 Å². The summed E-state index contributed by atoms with van der Waals surface area (Å²) in [6.45, 7) is 5.92. The maximum absolute atomic E-state index is 12.4. The number of rotatable bonds is 7. The van der Waals surface area contributed by atoms with E-state index in [2.05, 4.69) is 20.8 Å². The van der Waals surface area contributed by atoms with E-state index in [9.17, 15) is 9.59 Å². The molecule has 156 valence electrons. The van der Waals surface area contributed by atoms with E-state index in [4.69, 9.17) is 0 Å². The number of anilines is 2. The number of hydrogen-bond donors (Lipinski definition) is 2. The quantitative estimate of drug-likeness (QED) is 0.566. The van der Waals surface area contributed by atoms with Crippen molar-refractivity contribution in [1.29, 1.82) is 0 Å². The topological polar surface area (TPSA) is 88.9 Å². The highest BCUT2D eigenvalue weighted by molar-refractivity contribution is 7.99. The van der Waals surface area contributed by atoms with Crippen LogP contribution < -0.4 is 10.6 Å². The molecule has 0 unspecified atom stereocenters. The first-order valence-corrected chi connectivity index (χ1v) is 10.6. The van der Waals surface area contributed by atoms with E-state index < -0.39 is 0 Å². The van der Waals surface area contributed by atoms with Crippen LogP contribution in [0.3, 0.4) is 0 Å². The van der Waals surface area contributed by atoms with Crippen molar-refractivity contribution >= 4 is 35.0 Å². The summed E-state index contributed by atoms with van der Waals surface area (Å²) < 4.78 is 1.74. The Labute approximate surface area is 180 Å².